The number of aliphatic hydroxyl groups is 1. The molecule has 2 fully saturated rings. The van der Waals surface area contributed by atoms with Gasteiger partial charge in [0.25, 0.3) is 0 Å². The number of hydrogen-bond donors (Lipinski definition) is 1. The van der Waals surface area contributed by atoms with Gasteiger partial charge in [-0.15, -0.1) is 0 Å². The molecule has 2 amide bonds. The van der Waals surface area contributed by atoms with Gasteiger partial charge in [0.15, 0.2) is 0 Å². The SMILES string of the molecule is CC[C@@]12/C=C\CCCCOC(=O)[C@@H]1[C@H]1C(=O)N(CCCCCO)C3C(=O)N(C(C)C)CC=C[C@@]31O2. The number of cyclic esters (lactones) is 1. The van der Waals surface area contributed by atoms with E-state index >= 15 is 0 Å². The first-order valence-corrected chi connectivity index (χ1v) is 13.3. The highest BCUT2D eigenvalue weighted by Gasteiger charge is 2.75. The second-order valence-corrected chi connectivity index (χ2v) is 10.5. The zero-order chi connectivity index (χ0) is 25.2. The normalized spacial score (nSPS) is 36.0. The van der Waals surface area contributed by atoms with Gasteiger partial charge in [-0.3, -0.25) is 14.4 Å². The maximum atomic E-state index is 14.1. The number of rotatable bonds is 7. The molecule has 1 spiro atoms. The van der Waals surface area contributed by atoms with Crippen molar-refractivity contribution in [1.82, 2.24) is 9.80 Å². The molecule has 0 saturated carbocycles. The monoisotopic (exact) mass is 488 g/mol. The second kappa shape index (κ2) is 10.4. The molecule has 4 rings (SSSR count). The first kappa shape index (κ1) is 25.9. The number of hydrogen-bond acceptors (Lipinski definition) is 6. The molecule has 5 atom stereocenters. The van der Waals surface area contributed by atoms with Crippen LogP contribution >= 0.6 is 0 Å². The van der Waals surface area contributed by atoms with Crippen molar-refractivity contribution in [2.24, 2.45) is 11.8 Å². The van der Waals surface area contributed by atoms with Crippen LogP contribution in [-0.2, 0) is 23.9 Å². The Morgan fingerprint density at radius 3 is 2.57 bits per heavy atom. The summed E-state index contributed by atoms with van der Waals surface area (Å²) in [5.41, 5.74) is -2.24. The van der Waals surface area contributed by atoms with Crippen LogP contribution in [0, 0.1) is 11.8 Å². The molecule has 194 valence electrons. The number of amides is 2. The number of ether oxygens (including phenoxy) is 2. The molecule has 0 aromatic carbocycles. The zero-order valence-electron chi connectivity index (χ0n) is 21.3. The standard InChI is InChI=1S/C27H40N2O6/c1-4-26-13-8-5-6-11-18-34-25(33)21(26)20-23(31)29(15-9-7-10-17-30)22-24(32)28(19(2)3)16-12-14-27(20,22)35-26/h8,12-14,19-22,30H,4-7,9-11,15-18H2,1-3H3/b13-8-/t20-,21-,22?,26+,27-/m0/s1. The van der Waals surface area contributed by atoms with Gasteiger partial charge in [-0.1, -0.05) is 31.2 Å². The van der Waals surface area contributed by atoms with Crippen LogP contribution in [0.1, 0.15) is 65.7 Å². The smallest absolute Gasteiger partial charge is 0.313 e. The van der Waals surface area contributed by atoms with E-state index < -0.39 is 35.0 Å². The second-order valence-electron chi connectivity index (χ2n) is 10.5. The number of fused-ring (bicyclic) bond motifs is 2. The molecule has 4 aliphatic rings. The first-order chi connectivity index (χ1) is 16.8. The van der Waals surface area contributed by atoms with Gasteiger partial charge >= 0.3 is 5.97 Å². The summed E-state index contributed by atoms with van der Waals surface area (Å²) in [6, 6.07) is -0.877. The van der Waals surface area contributed by atoms with Crippen molar-refractivity contribution >= 4 is 17.8 Å². The summed E-state index contributed by atoms with van der Waals surface area (Å²) in [6.07, 6.45) is 12.9. The topological polar surface area (TPSA) is 96.4 Å². The van der Waals surface area contributed by atoms with Crippen LogP contribution in [0.5, 0.6) is 0 Å². The zero-order valence-corrected chi connectivity index (χ0v) is 21.3. The fraction of sp³-hybridized carbons (Fsp3) is 0.741. The Labute approximate surface area is 208 Å². The van der Waals surface area contributed by atoms with E-state index in [9.17, 15) is 19.5 Å². The van der Waals surface area contributed by atoms with Crippen LogP contribution < -0.4 is 0 Å². The summed E-state index contributed by atoms with van der Waals surface area (Å²) in [5.74, 6) is -2.42. The molecular weight excluding hydrogens is 448 g/mol. The average Bonchev–Trinajstić information content (AvgIpc) is 3.18. The van der Waals surface area contributed by atoms with Gasteiger partial charge in [-0.25, -0.2) is 0 Å². The van der Waals surface area contributed by atoms with E-state index in [0.717, 1.165) is 25.7 Å². The Morgan fingerprint density at radius 1 is 1.06 bits per heavy atom. The first-order valence-electron chi connectivity index (χ1n) is 13.3. The fourth-order valence-electron chi connectivity index (χ4n) is 6.33. The Kier molecular flexibility index (Phi) is 7.71. The molecular formula is C27H40N2O6. The summed E-state index contributed by atoms with van der Waals surface area (Å²) < 4.78 is 12.6. The minimum Gasteiger partial charge on any atom is -0.465 e. The highest BCUT2D eigenvalue weighted by Crippen LogP contribution is 2.58. The molecule has 0 aromatic heterocycles. The molecule has 4 heterocycles. The third-order valence-corrected chi connectivity index (χ3v) is 8.09. The summed E-state index contributed by atoms with van der Waals surface area (Å²) in [6.45, 7) is 7.12. The molecule has 8 heteroatoms. The summed E-state index contributed by atoms with van der Waals surface area (Å²) >= 11 is 0. The fourth-order valence-corrected chi connectivity index (χ4v) is 6.33. The molecule has 0 bridgehead atoms. The number of likely N-dealkylation sites (tertiary alicyclic amines) is 1. The molecule has 0 aromatic rings. The van der Waals surface area contributed by atoms with E-state index in [0.29, 0.717) is 39.0 Å². The van der Waals surface area contributed by atoms with Gasteiger partial charge < -0.3 is 24.4 Å². The largest absolute Gasteiger partial charge is 0.465 e. The van der Waals surface area contributed by atoms with E-state index in [-0.39, 0.29) is 24.5 Å². The van der Waals surface area contributed by atoms with Crippen LogP contribution in [-0.4, -0.2) is 82.3 Å². The van der Waals surface area contributed by atoms with Gasteiger partial charge in [-0.2, -0.15) is 0 Å². The van der Waals surface area contributed by atoms with E-state index in [4.69, 9.17) is 9.47 Å². The van der Waals surface area contributed by atoms with E-state index in [1.165, 1.54) is 0 Å². The summed E-state index contributed by atoms with van der Waals surface area (Å²) in [4.78, 5) is 45.1. The van der Waals surface area contributed by atoms with Crippen molar-refractivity contribution in [2.45, 2.75) is 89.0 Å². The van der Waals surface area contributed by atoms with Crippen molar-refractivity contribution in [1.29, 1.82) is 0 Å². The number of carbonyl (C=O) groups excluding carboxylic acids is 3. The number of allylic oxidation sites excluding steroid dienone is 1. The minimum absolute atomic E-state index is 0.0419. The number of aliphatic hydroxyl groups excluding tert-OH is 1. The maximum Gasteiger partial charge on any atom is 0.313 e. The summed E-state index contributed by atoms with van der Waals surface area (Å²) in [5, 5.41) is 9.18. The van der Waals surface area contributed by atoms with Gasteiger partial charge in [0.2, 0.25) is 11.8 Å². The molecule has 8 nitrogen and oxygen atoms in total. The lowest BCUT2D eigenvalue weighted by molar-refractivity contribution is -0.161. The number of esters is 1. The van der Waals surface area contributed by atoms with E-state index in [1.807, 2.05) is 39.0 Å². The average molecular weight is 489 g/mol. The van der Waals surface area contributed by atoms with Gasteiger partial charge in [0.05, 0.1) is 12.5 Å². The molecule has 1 N–H and O–H groups in total. The lowest BCUT2D eigenvalue weighted by Crippen LogP contribution is -2.57. The Bertz CT molecular complexity index is 885. The highest BCUT2D eigenvalue weighted by molar-refractivity contribution is 5.99. The Hall–Kier alpha value is -2.19. The van der Waals surface area contributed by atoms with Crippen LogP contribution in [0.15, 0.2) is 24.3 Å². The Balaban J connectivity index is 1.82. The molecule has 35 heavy (non-hydrogen) atoms. The molecule has 1 unspecified atom stereocenters. The van der Waals surface area contributed by atoms with Crippen LogP contribution in [0.3, 0.4) is 0 Å². The number of nitrogens with zero attached hydrogens (tertiary/aromatic N) is 2. The van der Waals surface area contributed by atoms with Crippen molar-refractivity contribution < 1.29 is 29.0 Å². The highest BCUT2D eigenvalue weighted by atomic mass is 16.6. The minimum atomic E-state index is -1.23. The predicted octanol–water partition coefficient (Wildman–Crippen LogP) is 2.60. The molecule has 0 radical (unpaired) electrons. The van der Waals surface area contributed by atoms with Crippen LogP contribution in [0.4, 0.5) is 0 Å². The van der Waals surface area contributed by atoms with Crippen molar-refractivity contribution in [3.8, 4) is 0 Å². The number of unbranched alkanes of at least 4 members (excludes halogenated alkanes) is 2. The van der Waals surface area contributed by atoms with Crippen molar-refractivity contribution in [3.05, 3.63) is 24.3 Å². The van der Waals surface area contributed by atoms with Crippen molar-refractivity contribution in [2.75, 3.05) is 26.3 Å². The maximum absolute atomic E-state index is 14.1. The number of carbonyl (C=O) groups is 3. The third-order valence-electron chi connectivity index (χ3n) is 8.09. The van der Waals surface area contributed by atoms with E-state index in [2.05, 4.69) is 6.08 Å². The van der Waals surface area contributed by atoms with E-state index in [1.54, 1.807) is 9.80 Å². The lowest BCUT2D eigenvalue weighted by Gasteiger charge is -2.39. The Morgan fingerprint density at radius 2 is 1.86 bits per heavy atom. The summed E-state index contributed by atoms with van der Waals surface area (Å²) in [7, 11) is 0. The molecule has 4 aliphatic heterocycles. The van der Waals surface area contributed by atoms with Crippen LogP contribution in [0.2, 0.25) is 0 Å². The van der Waals surface area contributed by atoms with Gasteiger partial charge in [0.1, 0.15) is 23.2 Å². The molecule has 0 aliphatic carbocycles. The van der Waals surface area contributed by atoms with Crippen LogP contribution in [0.25, 0.3) is 0 Å². The third kappa shape index (κ3) is 4.33. The molecule has 2 saturated heterocycles. The van der Waals surface area contributed by atoms with Crippen molar-refractivity contribution in [3.63, 3.8) is 0 Å². The lowest BCUT2D eigenvalue weighted by atomic mass is 9.73. The predicted molar refractivity (Wildman–Crippen MR) is 130 cm³/mol. The van der Waals surface area contributed by atoms with Gasteiger partial charge in [-0.05, 0) is 58.8 Å². The van der Waals surface area contributed by atoms with Gasteiger partial charge in [0, 0.05) is 25.7 Å². The quantitative estimate of drug-likeness (QED) is 0.336.